The van der Waals surface area contributed by atoms with Crippen molar-refractivity contribution in [2.24, 2.45) is 23.7 Å². The highest BCUT2D eigenvalue weighted by Gasteiger charge is 2.37. The van der Waals surface area contributed by atoms with E-state index in [0.29, 0.717) is 29.9 Å². The van der Waals surface area contributed by atoms with E-state index in [2.05, 4.69) is 26.0 Å². The predicted molar refractivity (Wildman–Crippen MR) is 125 cm³/mol. The first-order chi connectivity index (χ1) is 15.2. The maximum absolute atomic E-state index is 14.4. The SMILES string of the molecule is CC(C)OC(=O)CCC/C=C\C[C@@H]1[C@@H](/C=C/C(F)(F)COc2ccccc2)[C@H](C)C[C@@H]1C. The van der Waals surface area contributed by atoms with Crippen molar-refractivity contribution in [2.75, 3.05) is 6.61 Å². The van der Waals surface area contributed by atoms with Crippen molar-refractivity contribution < 1.29 is 23.0 Å². The molecule has 4 atom stereocenters. The van der Waals surface area contributed by atoms with Crippen LogP contribution in [-0.2, 0) is 9.53 Å². The van der Waals surface area contributed by atoms with Crippen LogP contribution in [0.25, 0.3) is 0 Å². The fraction of sp³-hybridized carbons (Fsp3) is 0.593. The third kappa shape index (κ3) is 9.13. The number of halogens is 2. The van der Waals surface area contributed by atoms with Crippen LogP contribution in [0.4, 0.5) is 8.78 Å². The van der Waals surface area contributed by atoms with Crippen molar-refractivity contribution in [1.82, 2.24) is 0 Å². The Bertz CT molecular complexity index is 743. The van der Waals surface area contributed by atoms with Crippen LogP contribution >= 0.6 is 0 Å². The Labute approximate surface area is 191 Å². The summed E-state index contributed by atoms with van der Waals surface area (Å²) in [6.07, 6.45) is 10.8. The summed E-state index contributed by atoms with van der Waals surface area (Å²) in [6, 6.07) is 8.70. The van der Waals surface area contributed by atoms with Gasteiger partial charge in [0.05, 0.1) is 6.10 Å². The van der Waals surface area contributed by atoms with Crippen LogP contribution in [0.2, 0.25) is 0 Å². The van der Waals surface area contributed by atoms with Crippen LogP contribution in [0.15, 0.2) is 54.6 Å². The highest BCUT2D eigenvalue weighted by molar-refractivity contribution is 5.69. The molecule has 1 aromatic rings. The maximum atomic E-state index is 14.4. The quantitative estimate of drug-likeness (QED) is 0.192. The number of hydrogen-bond acceptors (Lipinski definition) is 3. The molecule has 1 fully saturated rings. The Morgan fingerprint density at radius 2 is 1.88 bits per heavy atom. The number of para-hydroxylation sites is 1. The highest BCUT2D eigenvalue weighted by atomic mass is 19.3. The van der Waals surface area contributed by atoms with E-state index in [1.807, 2.05) is 19.9 Å². The molecule has 32 heavy (non-hydrogen) atoms. The zero-order chi connectivity index (χ0) is 23.6. The lowest BCUT2D eigenvalue weighted by Gasteiger charge is -2.22. The van der Waals surface area contributed by atoms with Gasteiger partial charge in [0.2, 0.25) is 0 Å². The first kappa shape index (κ1) is 26.1. The molecule has 0 N–H and O–H groups in total. The molecule has 1 aromatic carbocycles. The Hall–Kier alpha value is -2.17. The number of allylic oxidation sites excluding steroid dienone is 3. The number of benzene rings is 1. The molecule has 3 nitrogen and oxygen atoms in total. The van der Waals surface area contributed by atoms with Gasteiger partial charge >= 0.3 is 5.97 Å². The first-order valence-corrected chi connectivity index (χ1v) is 11.8. The van der Waals surface area contributed by atoms with Gasteiger partial charge in [-0.15, -0.1) is 0 Å². The van der Waals surface area contributed by atoms with Gasteiger partial charge in [0.1, 0.15) is 5.75 Å². The minimum Gasteiger partial charge on any atom is -0.487 e. The van der Waals surface area contributed by atoms with Gasteiger partial charge in [-0.25, -0.2) is 0 Å². The normalized spacial score (nSPS) is 24.0. The topological polar surface area (TPSA) is 35.5 Å². The molecule has 0 heterocycles. The van der Waals surface area contributed by atoms with Crippen LogP contribution in [0.5, 0.6) is 5.75 Å². The molecule has 0 radical (unpaired) electrons. The second-order valence-corrected chi connectivity index (χ2v) is 9.29. The second-order valence-electron chi connectivity index (χ2n) is 9.29. The number of unbranched alkanes of at least 4 members (excludes halogenated alkanes) is 1. The fourth-order valence-corrected chi connectivity index (χ4v) is 4.50. The Morgan fingerprint density at radius 1 is 1.16 bits per heavy atom. The number of ether oxygens (including phenoxy) is 2. The van der Waals surface area contributed by atoms with E-state index in [9.17, 15) is 13.6 Å². The molecular weight excluding hydrogens is 410 g/mol. The summed E-state index contributed by atoms with van der Waals surface area (Å²) in [4.78, 5) is 11.6. The van der Waals surface area contributed by atoms with Crippen molar-refractivity contribution in [3.8, 4) is 5.75 Å². The molecule has 2 rings (SSSR count). The van der Waals surface area contributed by atoms with Crippen molar-refractivity contribution in [2.45, 2.75) is 71.8 Å². The van der Waals surface area contributed by atoms with Gasteiger partial charge in [0.25, 0.3) is 5.92 Å². The predicted octanol–water partition coefficient (Wildman–Crippen LogP) is 7.23. The van der Waals surface area contributed by atoms with Gasteiger partial charge in [-0.05, 0) is 81.4 Å². The molecule has 1 aliphatic rings. The fourth-order valence-electron chi connectivity index (χ4n) is 4.50. The molecule has 1 saturated carbocycles. The van der Waals surface area contributed by atoms with E-state index in [4.69, 9.17) is 9.47 Å². The van der Waals surface area contributed by atoms with Crippen molar-refractivity contribution >= 4 is 5.97 Å². The number of alkyl halides is 2. The molecule has 1 aliphatic carbocycles. The smallest absolute Gasteiger partial charge is 0.306 e. The standard InChI is InChI=1S/C27H38F2O3/c1-20(2)32-26(30)15-11-6-5-10-14-24-21(3)18-22(4)25(24)16-17-27(28,29)19-31-23-12-8-7-9-13-23/h5,7-10,12-13,16-17,20-22,24-25H,6,11,14-15,18-19H2,1-4H3/b10-5-,17-16+/t21-,22+,24-,25-/m0/s1. The summed E-state index contributed by atoms with van der Waals surface area (Å²) in [5.74, 6) is -1.40. The van der Waals surface area contributed by atoms with Gasteiger partial charge in [-0.1, -0.05) is 50.3 Å². The Balaban J connectivity index is 1.83. The van der Waals surface area contributed by atoms with Crippen molar-refractivity contribution in [1.29, 1.82) is 0 Å². The van der Waals surface area contributed by atoms with Gasteiger partial charge < -0.3 is 9.47 Å². The molecule has 0 aliphatic heterocycles. The number of rotatable bonds is 12. The summed E-state index contributed by atoms with van der Waals surface area (Å²) in [6.45, 7) is 7.39. The van der Waals surface area contributed by atoms with E-state index in [0.717, 1.165) is 31.8 Å². The minimum atomic E-state index is -3.01. The van der Waals surface area contributed by atoms with Crippen LogP contribution in [0, 0.1) is 23.7 Å². The molecule has 0 bridgehead atoms. The summed E-state index contributed by atoms with van der Waals surface area (Å²) < 4.78 is 39.2. The Morgan fingerprint density at radius 3 is 2.56 bits per heavy atom. The molecule has 178 valence electrons. The number of carbonyl (C=O) groups is 1. The van der Waals surface area contributed by atoms with E-state index in [1.54, 1.807) is 30.3 Å². The molecule has 5 heteroatoms. The summed E-state index contributed by atoms with van der Waals surface area (Å²) in [7, 11) is 0. The molecule has 0 spiro atoms. The Kier molecular flexibility index (Phi) is 10.4. The average molecular weight is 449 g/mol. The van der Waals surface area contributed by atoms with E-state index in [-0.39, 0.29) is 18.0 Å². The molecular formula is C27H38F2O3. The lowest BCUT2D eigenvalue weighted by atomic mass is 9.84. The first-order valence-electron chi connectivity index (χ1n) is 11.8. The van der Waals surface area contributed by atoms with Gasteiger partial charge in [0, 0.05) is 6.42 Å². The molecule has 0 aromatic heterocycles. The third-order valence-corrected chi connectivity index (χ3v) is 6.06. The minimum absolute atomic E-state index is 0.0776. The van der Waals surface area contributed by atoms with E-state index < -0.39 is 12.5 Å². The lowest BCUT2D eigenvalue weighted by molar-refractivity contribution is -0.147. The van der Waals surface area contributed by atoms with Crippen molar-refractivity contribution in [3.63, 3.8) is 0 Å². The lowest BCUT2D eigenvalue weighted by Crippen LogP contribution is -2.24. The summed E-state index contributed by atoms with van der Waals surface area (Å²) in [5, 5.41) is 0. The average Bonchev–Trinajstić information content (AvgIpc) is 3.00. The zero-order valence-electron chi connectivity index (χ0n) is 19.8. The van der Waals surface area contributed by atoms with Gasteiger partial charge in [-0.3, -0.25) is 4.79 Å². The van der Waals surface area contributed by atoms with E-state index in [1.165, 1.54) is 0 Å². The largest absolute Gasteiger partial charge is 0.487 e. The zero-order valence-corrected chi connectivity index (χ0v) is 19.8. The second kappa shape index (κ2) is 12.8. The summed E-state index contributed by atoms with van der Waals surface area (Å²) in [5.41, 5.74) is 0. The third-order valence-electron chi connectivity index (χ3n) is 6.06. The van der Waals surface area contributed by atoms with Crippen LogP contribution in [0.3, 0.4) is 0 Å². The molecule has 0 unspecified atom stereocenters. The van der Waals surface area contributed by atoms with E-state index >= 15 is 0 Å². The highest BCUT2D eigenvalue weighted by Crippen LogP contribution is 2.44. The summed E-state index contributed by atoms with van der Waals surface area (Å²) >= 11 is 0. The van der Waals surface area contributed by atoms with Gasteiger partial charge in [-0.2, -0.15) is 8.78 Å². The molecule has 0 saturated heterocycles. The van der Waals surface area contributed by atoms with Crippen LogP contribution in [-0.4, -0.2) is 24.6 Å². The maximum Gasteiger partial charge on any atom is 0.306 e. The number of hydrogen-bond donors (Lipinski definition) is 0. The van der Waals surface area contributed by atoms with Gasteiger partial charge in [0.15, 0.2) is 6.61 Å². The van der Waals surface area contributed by atoms with Crippen molar-refractivity contribution in [3.05, 3.63) is 54.6 Å². The number of carbonyl (C=O) groups excluding carboxylic acids is 1. The number of esters is 1. The molecule has 0 amide bonds. The van der Waals surface area contributed by atoms with Crippen LogP contribution in [0.1, 0.15) is 59.8 Å². The van der Waals surface area contributed by atoms with Crippen LogP contribution < -0.4 is 4.74 Å². The monoisotopic (exact) mass is 448 g/mol.